The highest BCUT2D eigenvalue weighted by Crippen LogP contribution is 2.27. The van der Waals surface area contributed by atoms with Crippen molar-refractivity contribution in [2.24, 2.45) is 0 Å². The van der Waals surface area contributed by atoms with Gasteiger partial charge >= 0.3 is 6.03 Å². The normalized spacial score (nSPS) is 21.9. The fraction of sp³-hybridized carbons (Fsp3) is 0.667. The second-order valence-electron chi connectivity index (χ2n) is 5.58. The highest BCUT2D eigenvalue weighted by atomic mass is 32.1. The minimum atomic E-state index is 0.0829. The van der Waals surface area contributed by atoms with Gasteiger partial charge in [0.1, 0.15) is 0 Å². The lowest BCUT2D eigenvalue weighted by Gasteiger charge is -2.23. The number of ether oxygens (including phenoxy) is 1. The molecule has 0 bridgehead atoms. The Labute approximate surface area is 124 Å². The second kappa shape index (κ2) is 6.59. The molecule has 1 aromatic heterocycles. The summed E-state index contributed by atoms with van der Waals surface area (Å²) in [7, 11) is 0. The number of amides is 2. The first kappa shape index (κ1) is 13.9. The number of rotatable bonds is 6. The highest BCUT2D eigenvalue weighted by Gasteiger charge is 2.32. The van der Waals surface area contributed by atoms with E-state index >= 15 is 0 Å². The molecule has 110 valence electrons. The Morgan fingerprint density at radius 1 is 1.45 bits per heavy atom. The molecule has 2 heterocycles. The van der Waals surface area contributed by atoms with Crippen molar-refractivity contribution in [2.45, 2.75) is 44.2 Å². The molecular weight excluding hydrogens is 272 g/mol. The maximum Gasteiger partial charge on any atom is 0.317 e. The van der Waals surface area contributed by atoms with Crippen LogP contribution in [0.25, 0.3) is 0 Å². The number of nitrogens with zero attached hydrogens (tertiary/aromatic N) is 1. The van der Waals surface area contributed by atoms with Crippen LogP contribution in [0.1, 0.15) is 30.6 Å². The van der Waals surface area contributed by atoms with Gasteiger partial charge in [0, 0.05) is 30.6 Å². The first-order chi connectivity index (χ1) is 9.83. The van der Waals surface area contributed by atoms with Crippen LogP contribution < -0.4 is 5.32 Å². The zero-order chi connectivity index (χ0) is 13.8. The van der Waals surface area contributed by atoms with Gasteiger partial charge in [0.2, 0.25) is 0 Å². The smallest absolute Gasteiger partial charge is 0.317 e. The molecule has 2 aliphatic rings. The summed E-state index contributed by atoms with van der Waals surface area (Å²) in [6, 6.07) is 4.75. The fourth-order valence-electron chi connectivity index (χ4n) is 2.63. The van der Waals surface area contributed by atoms with Crippen molar-refractivity contribution in [3.05, 3.63) is 22.4 Å². The molecule has 2 amide bonds. The van der Waals surface area contributed by atoms with Gasteiger partial charge in [0.15, 0.2) is 0 Å². The lowest BCUT2D eigenvalue weighted by Crippen LogP contribution is -2.44. The van der Waals surface area contributed by atoms with Gasteiger partial charge in [-0.3, -0.25) is 0 Å². The largest absolute Gasteiger partial charge is 0.376 e. The Kier molecular flexibility index (Phi) is 4.58. The molecule has 1 aromatic rings. The van der Waals surface area contributed by atoms with Gasteiger partial charge in [-0.1, -0.05) is 6.07 Å². The van der Waals surface area contributed by atoms with Gasteiger partial charge < -0.3 is 15.0 Å². The monoisotopic (exact) mass is 294 g/mol. The Balaban J connectivity index is 1.46. The Morgan fingerprint density at radius 3 is 3.00 bits per heavy atom. The molecule has 0 radical (unpaired) electrons. The summed E-state index contributed by atoms with van der Waals surface area (Å²) in [6.45, 7) is 2.31. The third-order valence-corrected chi connectivity index (χ3v) is 4.87. The first-order valence-electron chi connectivity index (χ1n) is 7.51. The predicted octanol–water partition coefficient (Wildman–Crippen LogP) is 2.64. The van der Waals surface area contributed by atoms with E-state index in [9.17, 15) is 4.79 Å². The van der Waals surface area contributed by atoms with E-state index in [4.69, 9.17) is 4.74 Å². The molecule has 5 heteroatoms. The molecule has 0 unspecified atom stereocenters. The van der Waals surface area contributed by atoms with E-state index in [1.165, 1.54) is 4.88 Å². The van der Waals surface area contributed by atoms with Crippen molar-refractivity contribution in [1.29, 1.82) is 0 Å². The van der Waals surface area contributed by atoms with Crippen molar-refractivity contribution in [3.8, 4) is 0 Å². The Bertz CT molecular complexity index is 425. The molecule has 1 atom stereocenters. The Hall–Kier alpha value is -1.07. The van der Waals surface area contributed by atoms with Crippen molar-refractivity contribution in [3.63, 3.8) is 0 Å². The van der Waals surface area contributed by atoms with Crippen molar-refractivity contribution in [2.75, 3.05) is 19.7 Å². The van der Waals surface area contributed by atoms with Gasteiger partial charge in [-0.2, -0.15) is 0 Å². The summed E-state index contributed by atoms with van der Waals surface area (Å²) in [6.07, 6.45) is 5.67. The van der Waals surface area contributed by atoms with E-state index < -0.39 is 0 Å². The van der Waals surface area contributed by atoms with Crippen LogP contribution in [0.4, 0.5) is 4.79 Å². The SMILES string of the molecule is O=C(NC[C@@H]1CCCO1)N(CCc1cccs1)C1CC1. The first-order valence-corrected chi connectivity index (χ1v) is 8.39. The predicted molar refractivity (Wildman–Crippen MR) is 80.1 cm³/mol. The van der Waals surface area contributed by atoms with Crippen LogP contribution in [0, 0.1) is 0 Å². The van der Waals surface area contributed by atoms with E-state index in [0.717, 1.165) is 45.3 Å². The van der Waals surface area contributed by atoms with Gasteiger partial charge in [0.05, 0.1) is 6.10 Å². The van der Waals surface area contributed by atoms with Crippen LogP contribution in [0.5, 0.6) is 0 Å². The lowest BCUT2D eigenvalue weighted by molar-refractivity contribution is 0.108. The molecule has 3 rings (SSSR count). The van der Waals surface area contributed by atoms with E-state index in [2.05, 4.69) is 22.8 Å². The number of urea groups is 1. The number of hydrogen-bond acceptors (Lipinski definition) is 3. The molecule has 1 N–H and O–H groups in total. The third kappa shape index (κ3) is 3.73. The maximum atomic E-state index is 12.3. The minimum Gasteiger partial charge on any atom is -0.376 e. The molecule has 0 aromatic carbocycles. The lowest BCUT2D eigenvalue weighted by atomic mass is 10.2. The van der Waals surface area contributed by atoms with E-state index in [1.54, 1.807) is 11.3 Å². The molecule has 1 aliphatic carbocycles. The number of hydrogen-bond donors (Lipinski definition) is 1. The number of nitrogens with one attached hydrogen (secondary N) is 1. The van der Waals surface area contributed by atoms with Gasteiger partial charge in [0.25, 0.3) is 0 Å². The second-order valence-corrected chi connectivity index (χ2v) is 6.61. The van der Waals surface area contributed by atoms with Crippen molar-refractivity contribution < 1.29 is 9.53 Å². The molecule has 20 heavy (non-hydrogen) atoms. The van der Waals surface area contributed by atoms with Crippen LogP contribution in [-0.4, -0.2) is 42.8 Å². The zero-order valence-corrected chi connectivity index (χ0v) is 12.5. The van der Waals surface area contributed by atoms with Gasteiger partial charge in [-0.05, 0) is 43.6 Å². The zero-order valence-electron chi connectivity index (χ0n) is 11.7. The quantitative estimate of drug-likeness (QED) is 0.876. The summed E-state index contributed by atoms with van der Waals surface area (Å²) < 4.78 is 5.55. The fourth-order valence-corrected chi connectivity index (χ4v) is 3.33. The standard InChI is InChI=1S/C15H22N2O2S/c18-15(16-11-13-3-1-9-19-13)17(12-5-6-12)8-7-14-4-2-10-20-14/h2,4,10,12-13H,1,3,5-9,11H2,(H,16,18)/t13-/m0/s1. The molecule has 1 saturated heterocycles. The molecule has 4 nitrogen and oxygen atoms in total. The summed E-state index contributed by atoms with van der Waals surface area (Å²) >= 11 is 1.76. The average molecular weight is 294 g/mol. The topological polar surface area (TPSA) is 41.6 Å². The number of carbonyl (C=O) groups excluding carboxylic acids is 1. The van der Waals surface area contributed by atoms with E-state index in [0.29, 0.717) is 12.6 Å². The van der Waals surface area contributed by atoms with Crippen LogP contribution in [0.3, 0.4) is 0 Å². The molecular formula is C15H22N2O2S. The summed E-state index contributed by atoms with van der Waals surface area (Å²) in [4.78, 5) is 15.7. The highest BCUT2D eigenvalue weighted by molar-refractivity contribution is 7.09. The Morgan fingerprint density at radius 2 is 2.35 bits per heavy atom. The number of thiophene rings is 1. The van der Waals surface area contributed by atoms with Crippen LogP contribution >= 0.6 is 11.3 Å². The molecule has 0 spiro atoms. The average Bonchev–Trinajstić information content (AvgIpc) is 2.95. The van der Waals surface area contributed by atoms with E-state index in [1.807, 2.05) is 4.90 Å². The number of carbonyl (C=O) groups is 1. The van der Waals surface area contributed by atoms with Gasteiger partial charge in [-0.25, -0.2) is 4.79 Å². The third-order valence-electron chi connectivity index (χ3n) is 3.93. The van der Waals surface area contributed by atoms with Gasteiger partial charge in [-0.15, -0.1) is 11.3 Å². The summed E-state index contributed by atoms with van der Waals surface area (Å²) in [5.41, 5.74) is 0. The van der Waals surface area contributed by atoms with Crippen LogP contribution in [0.2, 0.25) is 0 Å². The minimum absolute atomic E-state index is 0.0829. The van der Waals surface area contributed by atoms with Crippen LogP contribution in [-0.2, 0) is 11.2 Å². The van der Waals surface area contributed by atoms with Crippen molar-refractivity contribution >= 4 is 17.4 Å². The van der Waals surface area contributed by atoms with Crippen molar-refractivity contribution in [1.82, 2.24) is 10.2 Å². The molecule has 1 saturated carbocycles. The van der Waals surface area contributed by atoms with E-state index in [-0.39, 0.29) is 12.1 Å². The molecule has 1 aliphatic heterocycles. The molecule has 2 fully saturated rings. The summed E-state index contributed by atoms with van der Waals surface area (Å²) in [5, 5.41) is 5.13. The maximum absolute atomic E-state index is 12.3. The summed E-state index contributed by atoms with van der Waals surface area (Å²) in [5.74, 6) is 0. The van der Waals surface area contributed by atoms with Crippen LogP contribution in [0.15, 0.2) is 17.5 Å².